The summed E-state index contributed by atoms with van der Waals surface area (Å²) in [5.74, 6) is 0.881. The highest BCUT2D eigenvalue weighted by molar-refractivity contribution is 5.76. The van der Waals surface area contributed by atoms with Gasteiger partial charge in [-0.2, -0.15) is 0 Å². The maximum Gasteiger partial charge on any atom is 0.199 e. The van der Waals surface area contributed by atoms with Crippen molar-refractivity contribution in [1.82, 2.24) is 4.98 Å². The molecule has 0 radical (unpaired) electrons. The smallest absolute Gasteiger partial charge is 0.199 e. The van der Waals surface area contributed by atoms with Crippen LogP contribution in [-0.4, -0.2) is 11.0 Å². The predicted molar refractivity (Wildman–Crippen MR) is 60.8 cm³/mol. The third-order valence-corrected chi connectivity index (χ3v) is 2.82. The second kappa shape index (κ2) is 3.66. The van der Waals surface area contributed by atoms with Crippen LogP contribution in [0.25, 0.3) is 11.1 Å². The molecule has 2 N–H and O–H groups in total. The Morgan fingerprint density at radius 2 is 2.07 bits per heavy atom. The van der Waals surface area contributed by atoms with Crippen molar-refractivity contribution >= 4 is 11.1 Å². The molecule has 0 amide bonds. The first kappa shape index (κ1) is 10.2. The molecule has 1 aromatic heterocycles. The number of aromatic nitrogens is 1. The van der Waals surface area contributed by atoms with Gasteiger partial charge in [-0.3, -0.25) is 0 Å². The Bertz CT molecular complexity index is 473. The number of hydrogen-bond donors (Lipinski definition) is 1. The van der Waals surface area contributed by atoms with Gasteiger partial charge >= 0.3 is 0 Å². The molecule has 0 spiro atoms. The molecule has 2 aromatic rings. The normalized spacial score (nSPS) is 15.5. The van der Waals surface area contributed by atoms with Crippen LogP contribution in [0.15, 0.2) is 22.6 Å². The topological polar surface area (TPSA) is 52.0 Å². The lowest BCUT2D eigenvalue weighted by Gasteiger charge is -2.10. The Morgan fingerprint density at radius 3 is 2.67 bits per heavy atom. The van der Waals surface area contributed by atoms with Crippen molar-refractivity contribution in [3.05, 3.63) is 29.7 Å². The van der Waals surface area contributed by atoms with Crippen molar-refractivity contribution in [1.29, 1.82) is 0 Å². The van der Waals surface area contributed by atoms with Crippen molar-refractivity contribution in [3.8, 4) is 0 Å². The van der Waals surface area contributed by atoms with E-state index in [-0.39, 0.29) is 12.0 Å². The monoisotopic (exact) mass is 204 g/mol. The molecule has 0 aliphatic carbocycles. The average Bonchev–Trinajstić information content (AvgIpc) is 2.61. The molecule has 80 valence electrons. The minimum absolute atomic E-state index is 0.0540. The molecule has 15 heavy (non-hydrogen) atoms. The van der Waals surface area contributed by atoms with Crippen molar-refractivity contribution in [2.24, 2.45) is 5.73 Å². The number of aryl methyl sites for hydroxylation is 1. The van der Waals surface area contributed by atoms with E-state index in [1.807, 2.05) is 39.0 Å². The summed E-state index contributed by atoms with van der Waals surface area (Å²) in [5.41, 5.74) is 8.76. The number of hydrogen-bond acceptors (Lipinski definition) is 3. The molecular formula is C12H16N2O. The van der Waals surface area contributed by atoms with Gasteiger partial charge in [-0.1, -0.05) is 19.1 Å². The molecule has 3 nitrogen and oxygen atoms in total. The molecule has 2 rings (SSSR count). The van der Waals surface area contributed by atoms with Crippen LogP contribution in [0.3, 0.4) is 0 Å². The van der Waals surface area contributed by atoms with Crippen LogP contribution >= 0.6 is 0 Å². The van der Waals surface area contributed by atoms with Crippen LogP contribution in [0.5, 0.6) is 0 Å². The van der Waals surface area contributed by atoms with Crippen LogP contribution in [0.1, 0.15) is 31.2 Å². The summed E-state index contributed by atoms with van der Waals surface area (Å²) in [4.78, 5) is 4.49. The van der Waals surface area contributed by atoms with Gasteiger partial charge in [0, 0.05) is 12.0 Å². The van der Waals surface area contributed by atoms with Gasteiger partial charge in [0.05, 0.1) is 0 Å². The first-order valence-electron chi connectivity index (χ1n) is 5.21. The van der Waals surface area contributed by atoms with Gasteiger partial charge in [-0.15, -0.1) is 0 Å². The number of rotatable bonds is 2. The lowest BCUT2D eigenvalue weighted by molar-refractivity contribution is 0.451. The van der Waals surface area contributed by atoms with E-state index in [0.29, 0.717) is 0 Å². The van der Waals surface area contributed by atoms with E-state index in [2.05, 4.69) is 4.98 Å². The Morgan fingerprint density at radius 1 is 1.33 bits per heavy atom. The minimum atomic E-state index is 0.0540. The SMILES string of the molecule is Cc1cccc2oc(C(C)C(C)N)nc12. The summed E-state index contributed by atoms with van der Waals surface area (Å²) in [6.07, 6.45) is 0. The number of oxazole rings is 1. The van der Waals surface area contributed by atoms with Crippen LogP contribution in [0.2, 0.25) is 0 Å². The number of para-hydroxylation sites is 1. The number of benzene rings is 1. The highest BCUT2D eigenvalue weighted by Crippen LogP contribution is 2.24. The largest absolute Gasteiger partial charge is 0.440 e. The first-order valence-corrected chi connectivity index (χ1v) is 5.21. The molecule has 0 saturated carbocycles. The number of fused-ring (bicyclic) bond motifs is 1. The standard InChI is InChI=1S/C12H16N2O/c1-7-5-4-6-10-11(7)14-12(15-10)8(2)9(3)13/h4-6,8-9H,13H2,1-3H3. The highest BCUT2D eigenvalue weighted by atomic mass is 16.3. The molecule has 0 aliphatic rings. The zero-order chi connectivity index (χ0) is 11.0. The molecule has 0 fully saturated rings. The molecule has 2 unspecified atom stereocenters. The van der Waals surface area contributed by atoms with Gasteiger partial charge in [-0.25, -0.2) is 4.98 Å². The van der Waals surface area contributed by atoms with E-state index >= 15 is 0 Å². The minimum Gasteiger partial charge on any atom is -0.440 e. The van der Waals surface area contributed by atoms with Crippen LogP contribution in [0.4, 0.5) is 0 Å². The van der Waals surface area contributed by atoms with E-state index in [9.17, 15) is 0 Å². The van der Waals surface area contributed by atoms with Crippen molar-refractivity contribution < 1.29 is 4.42 Å². The maximum atomic E-state index is 5.83. The Kier molecular flexibility index (Phi) is 2.49. The summed E-state index contributed by atoms with van der Waals surface area (Å²) in [6, 6.07) is 6.00. The van der Waals surface area contributed by atoms with E-state index in [0.717, 1.165) is 22.6 Å². The predicted octanol–water partition coefficient (Wildman–Crippen LogP) is 2.59. The molecule has 0 saturated heterocycles. The van der Waals surface area contributed by atoms with Gasteiger partial charge in [0.25, 0.3) is 0 Å². The summed E-state index contributed by atoms with van der Waals surface area (Å²) in [6.45, 7) is 6.03. The van der Waals surface area contributed by atoms with E-state index in [1.54, 1.807) is 0 Å². The van der Waals surface area contributed by atoms with Crippen molar-refractivity contribution in [3.63, 3.8) is 0 Å². The van der Waals surface area contributed by atoms with E-state index in [4.69, 9.17) is 10.2 Å². The maximum absolute atomic E-state index is 5.83. The Labute approximate surface area is 89.3 Å². The van der Waals surface area contributed by atoms with Gasteiger partial charge in [-0.05, 0) is 25.5 Å². The fourth-order valence-corrected chi connectivity index (χ4v) is 1.52. The molecule has 3 heteroatoms. The summed E-state index contributed by atoms with van der Waals surface area (Å²) >= 11 is 0. The molecular weight excluding hydrogens is 188 g/mol. The third-order valence-electron chi connectivity index (χ3n) is 2.82. The number of nitrogens with zero attached hydrogens (tertiary/aromatic N) is 1. The van der Waals surface area contributed by atoms with Crippen molar-refractivity contribution in [2.75, 3.05) is 0 Å². The lowest BCUT2D eigenvalue weighted by atomic mass is 10.1. The van der Waals surface area contributed by atoms with Crippen molar-refractivity contribution in [2.45, 2.75) is 32.7 Å². The van der Waals surface area contributed by atoms with Gasteiger partial charge in [0.1, 0.15) is 5.52 Å². The van der Waals surface area contributed by atoms with E-state index < -0.39 is 0 Å². The summed E-state index contributed by atoms with van der Waals surface area (Å²) in [7, 11) is 0. The van der Waals surface area contributed by atoms with Crippen LogP contribution < -0.4 is 5.73 Å². The summed E-state index contributed by atoms with van der Waals surface area (Å²) in [5, 5.41) is 0. The second-order valence-corrected chi connectivity index (χ2v) is 4.12. The highest BCUT2D eigenvalue weighted by Gasteiger charge is 2.17. The number of nitrogens with two attached hydrogens (primary N) is 1. The zero-order valence-corrected chi connectivity index (χ0v) is 9.32. The molecule has 0 aliphatic heterocycles. The molecule has 2 atom stereocenters. The molecule has 0 bridgehead atoms. The quantitative estimate of drug-likeness (QED) is 0.818. The first-order chi connectivity index (χ1) is 7.09. The van der Waals surface area contributed by atoms with Gasteiger partial charge in [0.2, 0.25) is 0 Å². The summed E-state index contributed by atoms with van der Waals surface area (Å²) < 4.78 is 5.68. The van der Waals surface area contributed by atoms with Crippen LogP contribution in [-0.2, 0) is 0 Å². The lowest BCUT2D eigenvalue weighted by Crippen LogP contribution is -2.22. The van der Waals surface area contributed by atoms with Crippen LogP contribution in [0, 0.1) is 6.92 Å². The van der Waals surface area contributed by atoms with E-state index in [1.165, 1.54) is 0 Å². The zero-order valence-electron chi connectivity index (χ0n) is 9.32. The van der Waals surface area contributed by atoms with Gasteiger partial charge < -0.3 is 10.2 Å². The Balaban J connectivity index is 2.52. The molecule has 1 aromatic carbocycles. The second-order valence-electron chi connectivity index (χ2n) is 4.12. The fraction of sp³-hybridized carbons (Fsp3) is 0.417. The average molecular weight is 204 g/mol. The molecule has 1 heterocycles. The fourth-order valence-electron chi connectivity index (χ4n) is 1.52. The Hall–Kier alpha value is -1.35. The van der Waals surface area contributed by atoms with Gasteiger partial charge in [0.15, 0.2) is 11.5 Å². The third kappa shape index (κ3) is 1.75.